The summed E-state index contributed by atoms with van der Waals surface area (Å²) in [6.45, 7) is 2.48. The second-order valence-electron chi connectivity index (χ2n) is 33.5. The van der Waals surface area contributed by atoms with E-state index in [9.17, 15) is 43.5 Å². The fraction of sp³-hybridized carbons (Fsp3) is 0.710. The first kappa shape index (κ1) is 120. The molecular weight excluding hydrogens is 1600 g/mol. The standard InChI is InChI=1S/C107H184O16P2/c1-4-7-10-13-16-19-22-25-28-31-34-37-40-42-44-46-48-49-50-51-53-55-56-58-61-63-66-69-72-75-78-81-84-87-90-93-105(110)117-96-102(108)97-119-124(113,114)120-98-103(109)99-121-125(115,116)122-101-104(123-107(112)95-92-89-86-83-80-77-74-71-68-65-60-39-36-33-30-27-24-21-18-15-12-9-6-3)100-118-106(111)94-91-88-85-82-79-76-73-70-67-64-62-59-57-54-52-47-45-43-41-38-35-32-29-26-23-20-17-14-11-8-5-2/h7,9-10,12,16-21,25-30,34-39,42-45,65,68,102-104,108-109H,4-6,8,11,13-15,22-24,31-33,40-41,46-64,66-67,69-101H2,1-3H3,(H,113,114)(H,115,116)/b10-7-,12-9-,19-16-,20-17-,21-18-,28-25-,29-26-,30-27-,37-34-,38-35-,39-36-,44-42-,45-43-,68-65-. The topological polar surface area (TPSA) is 231 Å². The number of unbranched alkanes of at least 4 members (excludes halogenated alkanes) is 44. The molecule has 18 heteroatoms. The number of aliphatic hydroxyl groups is 2. The normalized spacial score (nSPS) is 14.4. The molecule has 0 radical (unpaired) electrons. The van der Waals surface area contributed by atoms with Crippen LogP contribution >= 0.6 is 15.6 Å². The minimum Gasteiger partial charge on any atom is -0.463 e. The molecule has 0 fully saturated rings. The molecule has 0 spiro atoms. The highest BCUT2D eigenvalue weighted by Gasteiger charge is 2.30. The maximum atomic E-state index is 13.1. The van der Waals surface area contributed by atoms with Gasteiger partial charge in [0.15, 0.2) is 6.10 Å². The van der Waals surface area contributed by atoms with Crippen LogP contribution in [0.1, 0.15) is 432 Å². The first-order chi connectivity index (χ1) is 61.2. The first-order valence-corrected chi connectivity index (χ1v) is 53.4. The van der Waals surface area contributed by atoms with E-state index < -0.39 is 91.5 Å². The summed E-state index contributed by atoms with van der Waals surface area (Å²) in [5, 5.41) is 20.8. The van der Waals surface area contributed by atoms with Gasteiger partial charge in [0.2, 0.25) is 0 Å². The van der Waals surface area contributed by atoms with E-state index in [0.717, 1.165) is 167 Å². The molecule has 0 aromatic heterocycles. The number of esters is 3. The quantitative estimate of drug-likeness (QED) is 0.0146. The highest BCUT2D eigenvalue weighted by Crippen LogP contribution is 2.45. The summed E-state index contributed by atoms with van der Waals surface area (Å²) in [5.74, 6) is -1.57. The van der Waals surface area contributed by atoms with Gasteiger partial charge in [-0.1, -0.05) is 428 Å². The molecule has 4 N–H and O–H groups in total. The molecule has 0 bridgehead atoms. The van der Waals surface area contributed by atoms with Crippen LogP contribution < -0.4 is 0 Å². The molecule has 0 aliphatic heterocycles. The van der Waals surface area contributed by atoms with Gasteiger partial charge in [-0.15, -0.1) is 0 Å². The molecule has 0 saturated carbocycles. The Balaban J connectivity index is 4.55. The largest absolute Gasteiger partial charge is 0.472 e. The SMILES string of the molecule is CC/C=C\C/C=C\C/C=C\C/C=C\C/C=C\CCCCCCCCCCCCCCCCCCCCCC(=O)OCC(O)COP(=O)(O)OCC(O)COP(=O)(O)OCC(COC(=O)CCCCCCCCCCCCCCCCC/C=C\C/C=C\C/C=C\C/C=C\CCCCC)OC(=O)CCCCCCCCC/C=C\C/C=C\C/C=C\C/C=C\C/C=C\CC. The van der Waals surface area contributed by atoms with Crippen LogP contribution in [-0.4, -0.2) is 95.9 Å². The van der Waals surface area contributed by atoms with Crippen LogP contribution in [0.4, 0.5) is 0 Å². The summed E-state index contributed by atoms with van der Waals surface area (Å²) < 4.78 is 61.6. The van der Waals surface area contributed by atoms with Crippen LogP contribution in [0.5, 0.6) is 0 Å². The lowest BCUT2D eigenvalue weighted by Crippen LogP contribution is -2.30. The zero-order valence-corrected chi connectivity index (χ0v) is 81.3. The summed E-state index contributed by atoms with van der Waals surface area (Å²) in [6.07, 6.45) is 128. The second-order valence-corrected chi connectivity index (χ2v) is 36.4. The highest BCUT2D eigenvalue weighted by atomic mass is 31.2. The number of hydrogen-bond acceptors (Lipinski definition) is 14. The lowest BCUT2D eigenvalue weighted by Gasteiger charge is -2.21. The van der Waals surface area contributed by atoms with Crippen molar-refractivity contribution < 1.29 is 75.8 Å². The average molecular weight is 1790 g/mol. The van der Waals surface area contributed by atoms with E-state index in [4.69, 9.17) is 32.3 Å². The van der Waals surface area contributed by atoms with Gasteiger partial charge in [0.05, 0.1) is 26.4 Å². The molecular formula is C107H184O16P2. The Labute approximate surface area is 764 Å². The number of rotatable bonds is 95. The van der Waals surface area contributed by atoms with Gasteiger partial charge in [-0.25, -0.2) is 9.13 Å². The van der Waals surface area contributed by atoms with Gasteiger partial charge in [-0.3, -0.25) is 32.5 Å². The van der Waals surface area contributed by atoms with Gasteiger partial charge in [-0.2, -0.15) is 0 Å². The molecule has 0 aromatic carbocycles. The third-order valence-corrected chi connectivity index (χ3v) is 23.3. The number of hydrogen-bond donors (Lipinski definition) is 4. The number of aliphatic hydroxyl groups excluding tert-OH is 2. The summed E-state index contributed by atoms with van der Waals surface area (Å²) in [4.78, 5) is 59.2. The predicted molar refractivity (Wildman–Crippen MR) is 528 cm³/mol. The molecule has 0 heterocycles. The van der Waals surface area contributed by atoms with Crippen molar-refractivity contribution in [2.24, 2.45) is 0 Å². The van der Waals surface area contributed by atoms with Crippen molar-refractivity contribution in [1.82, 2.24) is 0 Å². The molecule has 0 amide bonds. The Morgan fingerprint density at radius 1 is 0.232 bits per heavy atom. The fourth-order valence-electron chi connectivity index (χ4n) is 13.8. The Bertz CT molecular complexity index is 2950. The smallest absolute Gasteiger partial charge is 0.463 e. The zero-order valence-electron chi connectivity index (χ0n) is 79.5. The number of carbonyl (C=O) groups is 3. The second kappa shape index (κ2) is 98.0. The van der Waals surface area contributed by atoms with E-state index in [1.807, 2.05) is 0 Å². The number of ether oxygens (including phenoxy) is 3. The van der Waals surface area contributed by atoms with Crippen molar-refractivity contribution in [3.05, 3.63) is 170 Å². The Morgan fingerprint density at radius 3 is 0.672 bits per heavy atom. The molecule has 0 rings (SSSR count). The lowest BCUT2D eigenvalue weighted by atomic mass is 10.0. The molecule has 16 nitrogen and oxygen atoms in total. The van der Waals surface area contributed by atoms with Crippen LogP contribution in [-0.2, 0) is 55.8 Å². The summed E-state index contributed by atoms with van der Waals surface area (Å²) in [5.41, 5.74) is 0. The van der Waals surface area contributed by atoms with Crippen LogP contribution in [0.25, 0.3) is 0 Å². The minimum absolute atomic E-state index is 0.0887. The van der Waals surface area contributed by atoms with Crippen LogP contribution in [0.2, 0.25) is 0 Å². The average Bonchev–Trinajstić information content (AvgIpc) is 0.902. The van der Waals surface area contributed by atoms with E-state index >= 15 is 0 Å². The lowest BCUT2D eigenvalue weighted by molar-refractivity contribution is -0.161. The minimum atomic E-state index is -4.95. The molecule has 0 aliphatic carbocycles. The van der Waals surface area contributed by atoms with Gasteiger partial charge in [-0.05, 0) is 154 Å². The van der Waals surface area contributed by atoms with E-state index in [2.05, 4.69) is 191 Å². The molecule has 0 aromatic rings. The molecule has 0 aliphatic rings. The van der Waals surface area contributed by atoms with E-state index in [-0.39, 0.29) is 19.3 Å². The van der Waals surface area contributed by atoms with E-state index in [0.29, 0.717) is 19.3 Å². The van der Waals surface area contributed by atoms with Crippen molar-refractivity contribution in [3.8, 4) is 0 Å². The van der Waals surface area contributed by atoms with Gasteiger partial charge >= 0.3 is 33.6 Å². The van der Waals surface area contributed by atoms with Gasteiger partial charge in [0.1, 0.15) is 25.4 Å². The fourth-order valence-corrected chi connectivity index (χ4v) is 15.4. The zero-order chi connectivity index (χ0) is 90.7. The van der Waals surface area contributed by atoms with Crippen molar-refractivity contribution in [2.45, 2.75) is 450 Å². The van der Waals surface area contributed by atoms with Crippen molar-refractivity contribution >= 4 is 33.6 Å². The predicted octanol–water partition coefficient (Wildman–Crippen LogP) is 31.8. The maximum absolute atomic E-state index is 13.1. The number of phosphoric ester groups is 2. The summed E-state index contributed by atoms with van der Waals surface area (Å²) in [6, 6.07) is 0. The highest BCUT2D eigenvalue weighted by molar-refractivity contribution is 7.47. The van der Waals surface area contributed by atoms with Crippen LogP contribution in [0.3, 0.4) is 0 Å². The first-order valence-electron chi connectivity index (χ1n) is 50.4. The summed E-state index contributed by atoms with van der Waals surface area (Å²) >= 11 is 0. The Kier molecular flexibility index (Phi) is 94.0. The molecule has 718 valence electrons. The Hall–Kier alpha value is -5.09. The number of allylic oxidation sites excluding steroid dienone is 28. The summed E-state index contributed by atoms with van der Waals surface area (Å²) in [7, 11) is -9.82. The van der Waals surface area contributed by atoms with Crippen molar-refractivity contribution in [3.63, 3.8) is 0 Å². The third kappa shape index (κ3) is 99.3. The monoisotopic (exact) mass is 1790 g/mol. The van der Waals surface area contributed by atoms with Crippen molar-refractivity contribution in [1.29, 1.82) is 0 Å². The van der Waals surface area contributed by atoms with Gasteiger partial charge < -0.3 is 34.2 Å². The third-order valence-electron chi connectivity index (χ3n) is 21.4. The van der Waals surface area contributed by atoms with Gasteiger partial charge in [0, 0.05) is 19.3 Å². The van der Waals surface area contributed by atoms with Crippen LogP contribution in [0, 0.1) is 0 Å². The molecule has 0 saturated heterocycles. The van der Waals surface area contributed by atoms with E-state index in [1.165, 1.54) is 205 Å². The maximum Gasteiger partial charge on any atom is 0.472 e. The molecule has 125 heavy (non-hydrogen) atoms. The van der Waals surface area contributed by atoms with E-state index in [1.54, 1.807) is 0 Å². The number of phosphoric acid groups is 2. The molecule has 5 unspecified atom stereocenters. The van der Waals surface area contributed by atoms with Crippen LogP contribution in [0.15, 0.2) is 170 Å². The Morgan fingerprint density at radius 2 is 0.424 bits per heavy atom. The molecule has 5 atom stereocenters. The van der Waals surface area contributed by atoms with Gasteiger partial charge in [0.25, 0.3) is 0 Å². The number of carbonyl (C=O) groups excluding carboxylic acids is 3. The van der Waals surface area contributed by atoms with Crippen molar-refractivity contribution in [2.75, 3.05) is 39.6 Å².